The van der Waals surface area contributed by atoms with E-state index in [9.17, 15) is 4.79 Å². The number of amides is 1. The summed E-state index contributed by atoms with van der Waals surface area (Å²) >= 11 is 0. The van der Waals surface area contributed by atoms with Gasteiger partial charge in [0.2, 0.25) is 5.91 Å². The smallest absolute Gasteiger partial charge is 0.245 e. The number of aromatic nitrogens is 5. The number of rotatable bonds is 3. The number of hydrogen-bond acceptors (Lipinski definition) is 4. The summed E-state index contributed by atoms with van der Waals surface area (Å²) in [6.07, 6.45) is 2.66. The lowest BCUT2D eigenvalue weighted by molar-refractivity contribution is -0.136. The maximum absolute atomic E-state index is 12.4. The Bertz CT molecular complexity index is 643. The fraction of sp³-hybridized carbons (Fsp3) is 0.538. The molecule has 20 heavy (non-hydrogen) atoms. The average molecular weight is 274 g/mol. The van der Waals surface area contributed by atoms with E-state index in [0.717, 1.165) is 24.5 Å². The van der Waals surface area contributed by atoms with Crippen LogP contribution < -0.4 is 0 Å². The van der Waals surface area contributed by atoms with Gasteiger partial charge < -0.3 is 4.90 Å². The van der Waals surface area contributed by atoms with Crippen LogP contribution in [-0.2, 0) is 18.4 Å². The summed E-state index contributed by atoms with van der Waals surface area (Å²) in [5, 5.41) is 12.7. The van der Waals surface area contributed by atoms with Crippen LogP contribution in [0.5, 0.6) is 0 Å². The van der Waals surface area contributed by atoms with E-state index in [4.69, 9.17) is 0 Å². The van der Waals surface area contributed by atoms with E-state index >= 15 is 0 Å². The van der Waals surface area contributed by atoms with Crippen molar-refractivity contribution in [2.24, 2.45) is 7.05 Å². The molecule has 0 unspecified atom stereocenters. The van der Waals surface area contributed by atoms with Crippen molar-refractivity contribution >= 4 is 5.91 Å². The third-order valence-corrected chi connectivity index (χ3v) is 3.70. The average Bonchev–Trinajstić information content (AvgIpc) is 3.01. The first-order chi connectivity index (χ1) is 9.63. The highest BCUT2D eigenvalue weighted by Crippen LogP contribution is 2.27. The fourth-order valence-corrected chi connectivity index (χ4v) is 2.69. The highest BCUT2D eigenvalue weighted by atomic mass is 16.2. The van der Waals surface area contributed by atoms with Gasteiger partial charge >= 0.3 is 0 Å². The first-order valence-electron chi connectivity index (χ1n) is 6.84. The molecule has 0 saturated heterocycles. The molecule has 0 saturated carbocycles. The SMILES string of the molecule is CCCN1Cc2nnc(-c3ccnn3C)n2[C@H](C)C1=O. The van der Waals surface area contributed by atoms with Crippen LogP contribution in [-0.4, -0.2) is 41.9 Å². The molecular weight excluding hydrogens is 256 g/mol. The molecule has 2 aromatic heterocycles. The zero-order valence-electron chi connectivity index (χ0n) is 11.9. The van der Waals surface area contributed by atoms with E-state index in [0.29, 0.717) is 12.4 Å². The number of aryl methyl sites for hydroxylation is 1. The van der Waals surface area contributed by atoms with E-state index in [1.807, 2.05) is 29.5 Å². The molecule has 0 bridgehead atoms. The highest BCUT2D eigenvalue weighted by Gasteiger charge is 2.33. The van der Waals surface area contributed by atoms with Crippen LogP contribution in [0.3, 0.4) is 0 Å². The third-order valence-electron chi connectivity index (χ3n) is 3.70. The van der Waals surface area contributed by atoms with Crippen molar-refractivity contribution in [2.45, 2.75) is 32.9 Å². The van der Waals surface area contributed by atoms with Gasteiger partial charge in [-0.05, 0) is 19.4 Å². The molecule has 0 fully saturated rings. The minimum Gasteiger partial charge on any atom is -0.333 e. The molecule has 3 rings (SSSR count). The lowest BCUT2D eigenvalue weighted by Crippen LogP contribution is -2.42. The van der Waals surface area contributed by atoms with Crippen LogP contribution in [0.4, 0.5) is 0 Å². The fourth-order valence-electron chi connectivity index (χ4n) is 2.69. The Morgan fingerprint density at radius 2 is 2.20 bits per heavy atom. The van der Waals surface area contributed by atoms with Crippen LogP contribution in [0.25, 0.3) is 11.5 Å². The quantitative estimate of drug-likeness (QED) is 0.837. The van der Waals surface area contributed by atoms with E-state index in [2.05, 4.69) is 22.2 Å². The first kappa shape index (κ1) is 12.8. The number of hydrogen-bond donors (Lipinski definition) is 0. The van der Waals surface area contributed by atoms with Gasteiger partial charge in [-0.15, -0.1) is 10.2 Å². The van der Waals surface area contributed by atoms with E-state index in [1.54, 1.807) is 10.9 Å². The van der Waals surface area contributed by atoms with E-state index < -0.39 is 0 Å². The Kier molecular flexibility index (Phi) is 3.04. The highest BCUT2D eigenvalue weighted by molar-refractivity contribution is 5.81. The standard InChI is InChI=1S/C13H18N6O/c1-4-7-18-8-11-15-16-12(10-5-6-14-17(10)3)19(11)9(2)13(18)20/h5-6,9H,4,7-8H2,1-3H3/t9-/m1/s1. The summed E-state index contributed by atoms with van der Waals surface area (Å²) in [6, 6.07) is 1.61. The summed E-state index contributed by atoms with van der Waals surface area (Å²) in [4.78, 5) is 14.3. The van der Waals surface area contributed by atoms with Gasteiger partial charge in [0.25, 0.3) is 0 Å². The third kappa shape index (κ3) is 1.81. The Hall–Kier alpha value is -2.18. The number of fused-ring (bicyclic) bond motifs is 1. The lowest BCUT2D eigenvalue weighted by atomic mass is 10.2. The van der Waals surface area contributed by atoms with E-state index in [1.165, 1.54) is 0 Å². The second kappa shape index (κ2) is 4.73. The monoisotopic (exact) mass is 274 g/mol. The van der Waals surface area contributed by atoms with Crippen molar-refractivity contribution in [1.82, 2.24) is 29.4 Å². The van der Waals surface area contributed by atoms with Crippen molar-refractivity contribution in [3.8, 4) is 11.5 Å². The molecule has 0 spiro atoms. The Labute approximate surface area is 117 Å². The Balaban J connectivity index is 2.05. The number of carbonyl (C=O) groups excluding carboxylic acids is 1. The first-order valence-corrected chi connectivity index (χ1v) is 6.84. The molecule has 0 aromatic carbocycles. The van der Waals surface area contributed by atoms with Crippen LogP contribution >= 0.6 is 0 Å². The van der Waals surface area contributed by atoms with Crippen molar-refractivity contribution < 1.29 is 4.79 Å². The molecule has 3 heterocycles. The maximum Gasteiger partial charge on any atom is 0.245 e. The minimum absolute atomic E-state index is 0.127. The normalized spacial score (nSPS) is 18.4. The maximum atomic E-state index is 12.4. The van der Waals surface area contributed by atoms with Crippen molar-refractivity contribution in [3.63, 3.8) is 0 Å². The summed E-state index contributed by atoms with van der Waals surface area (Å²) in [6.45, 7) is 5.26. The molecule has 7 heteroatoms. The van der Waals surface area contributed by atoms with Crippen LogP contribution in [0.15, 0.2) is 12.3 Å². The summed E-state index contributed by atoms with van der Waals surface area (Å²) < 4.78 is 3.67. The van der Waals surface area contributed by atoms with Crippen LogP contribution in [0.1, 0.15) is 32.1 Å². The zero-order chi connectivity index (χ0) is 14.3. The molecule has 1 amide bonds. The van der Waals surface area contributed by atoms with Gasteiger partial charge in [0.1, 0.15) is 11.7 Å². The van der Waals surface area contributed by atoms with Gasteiger partial charge in [-0.3, -0.25) is 14.0 Å². The Morgan fingerprint density at radius 1 is 1.40 bits per heavy atom. The molecule has 0 radical (unpaired) electrons. The molecule has 106 valence electrons. The van der Waals surface area contributed by atoms with Crippen LogP contribution in [0, 0.1) is 0 Å². The second-order valence-corrected chi connectivity index (χ2v) is 5.09. The van der Waals surface area contributed by atoms with Gasteiger partial charge in [-0.2, -0.15) is 5.10 Å². The molecule has 0 aliphatic carbocycles. The molecule has 1 aliphatic heterocycles. The predicted octanol–water partition coefficient (Wildman–Crippen LogP) is 0.992. The molecule has 0 N–H and O–H groups in total. The molecule has 1 atom stereocenters. The predicted molar refractivity (Wildman–Crippen MR) is 72.6 cm³/mol. The summed E-state index contributed by atoms with van der Waals surface area (Å²) in [5.74, 6) is 1.67. The molecule has 2 aromatic rings. The second-order valence-electron chi connectivity index (χ2n) is 5.09. The number of nitrogens with zero attached hydrogens (tertiary/aromatic N) is 6. The van der Waals surface area contributed by atoms with Crippen molar-refractivity contribution in [2.75, 3.05) is 6.54 Å². The van der Waals surface area contributed by atoms with Crippen molar-refractivity contribution in [1.29, 1.82) is 0 Å². The lowest BCUT2D eigenvalue weighted by Gasteiger charge is -2.31. The van der Waals surface area contributed by atoms with Crippen LogP contribution in [0.2, 0.25) is 0 Å². The molecule has 1 aliphatic rings. The zero-order valence-corrected chi connectivity index (χ0v) is 11.9. The van der Waals surface area contributed by atoms with E-state index in [-0.39, 0.29) is 11.9 Å². The Morgan fingerprint density at radius 3 is 2.85 bits per heavy atom. The molecular formula is C13H18N6O. The topological polar surface area (TPSA) is 68.8 Å². The number of carbonyl (C=O) groups is 1. The van der Waals surface area contributed by atoms with Gasteiger partial charge in [-0.1, -0.05) is 6.92 Å². The van der Waals surface area contributed by atoms with Gasteiger partial charge in [0, 0.05) is 19.8 Å². The summed E-state index contributed by atoms with van der Waals surface area (Å²) in [7, 11) is 1.86. The van der Waals surface area contributed by atoms with Gasteiger partial charge in [-0.25, -0.2) is 0 Å². The largest absolute Gasteiger partial charge is 0.333 e. The van der Waals surface area contributed by atoms with Gasteiger partial charge in [0.05, 0.1) is 6.54 Å². The van der Waals surface area contributed by atoms with Gasteiger partial charge in [0.15, 0.2) is 11.6 Å². The summed E-state index contributed by atoms with van der Waals surface area (Å²) in [5.41, 5.74) is 0.868. The molecule has 7 nitrogen and oxygen atoms in total. The van der Waals surface area contributed by atoms with Crippen molar-refractivity contribution in [3.05, 3.63) is 18.1 Å². The minimum atomic E-state index is -0.273.